The summed E-state index contributed by atoms with van der Waals surface area (Å²) >= 11 is 4.30. The van der Waals surface area contributed by atoms with Gasteiger partial charge in [0.05, 0.1) is 0 Å². The van der Waals surface area contributed by atoms with E-state index >= 15 is 0 Å². The van der Waals surface area contributed by atoms with Crippen molar-refractivity contribution >= 4 is 36.2 Å². The fourth-order valence-electron chi connectivity index (χ4n) is 3.86. The van der Waals surface area contributed by atoms with Gasteiger partial charge in [0, 0.05) is 18.0 Å². The number of carbonyl (C=O) groups is 3. The highest BCUT2D eigenvalue weighted by atomic mass is 32.1. The Morgan fingerprint density at radius 1 is 1.05 bits per heavy atom. The van der Waals surface area contributed by atoms with Crippen molar-refractivity contribution < 1.29 is 24.2 Å². The molecule has 2 aromatic rings. The number of ether oxygens (including phenoxy) is 1. The molecule has 8 nitrogen and oxygen atoms in total. The Morgan fingerprint density at radius 3 is 2.16 bits per heavy atom. The summed E-state index contributed by atoms with van der Waals surface area (Å²) in [5.41, 5.74) is 2.25. The lowest BCUT2D eigenvalue weighted by atomic mass is 10.0. The first kappa shape index (κ1) is 30.0. The summed E-state index contributed by atoms with van der Waals surface area (Å²) in [6.07, 6.45) is 0.690. The molecule has 0 aliphatic carbocycles. The van der Waals surface area contributed by atoms with Gasteiger partial charge in [-0.2, -0.15) is 12.6 Å². The van der Waals surface area contributed by atoms with Gasteiger partial charge in [-0.25, -0.2) is 4.79 Å². The number of benzene rings is 2. The monoisotopic (exact) mass is 529 g/mol. The quantitative estimate of drug-likeness (QED) is 0.319. The second-order valence-electron chi connectivity index (χ2n) is 10.0. The summed E-state index contributed by atoms with van der Waals surface area (Å²) in [6, 6.07) is 9.89. The van der Waals surface area contributed by atoms with Gasteiger partial charge < -0.3 is 25.4 Å². The zero-order valence-corrected chi connectivity index (χ0v) is 23.4. The number of thiol groups is 1. The highest BCUT2D eigenvalue weighted by molar-refractivity contribution is 7.80. The van der Waals surface area contributed by atoms with Crippen LogP contribution in [-0.4, -0.2) is 51.9 Å². The van der Waals surface area contributed by atoms with Crippen molar-refractivity contribution in [1.82, 2.24) is 10.2 Å². The predicted molar refractivity (Wildman–Crippen MR) is 149 cm³/mol. The lowest BCUT2D eigenvalue weighted by molar-refractivity contribution is -0.140. The number of anilines is 1. The van der Waals surface area contributed by atoms with E-state index in [-0.39, 0.29) is 18.0 Å². The second-order valence-corrected chi connectivity index (χ2v) is 10.4. The van der Waals surface area contributed by atoms with Crippen molar-refractivity contribution in [2.45, 2.75) is 72.1 Å². The van der Waals surface area contributed by atoms with Crippen LogP contribution < -0.4 is 10.6 Å². The van der Waals surface area contributed by atoms with Crippen LogP contribution in [0.25, 0.3) is 0 Å². The zero-order chi connectivity index (χ0) is 27.8. The summed E-state index contributed by atoms with van der Waals surface area (Å²) in [5.74, 6) is -0.794. The minimum atomic E-state index is -1.01. The molecule has 0 saturated carbocycles. The Morgan fingerprint density at radius 2 is 1.65 bits per heavy atom. The number of aromatic hydroxyl groups is 1. The molecule has 0 saturated heterocycles. The third-order valence-corrected chi connectivity index (χ3v) is 6.07. The predicted octanol–water partition coefficient (Wildman–Crippen LogP) is 5.14. The van der Waals surface area contributed by atoms with Crippen LogP contribution in [0.5, 0.6) is 5.75 Å². The second kappa shape index (κ2) is 13.4. The van der Waals surface area contributed by atoms with Gasteiger partial charge in [-0.15, -0.1) is 0 Å². The molecule has 0 heterocycles. The standard InChI is InChI=1S/C28H39N3O5S/c1-7-8-16-31(26(34)22(17-37)29-27(35)36-28(4,5)6)24(20-12-14-21(32)15-13-20)25(33)30-23-18(2)10-9-11-19(23)3/h9-15,22,24,32,37H,7-8,16-17H2,1-6H3,(H,29,35)(H,30,33). The number of nitrogens with zero attached hydrogens (tertiary/aromatic N) is 1. The topological polar surface area (TPSA) is 108 Å². The molecule has 202 valence electrons. The van der Waals surface area contributed by atoms with E-state index in [1.54, 1.807) is 32.9 Å². The van der Waals surface area contributed by atoms with E-state index in [0.29, 0.717) is 17.7 Å². The minimum Gasteiger partial charge on any atom is -0.508 e. The smallest absolute Gasteiger partial charge is 0.408 e. The van der Waals surface area contributed by atoms with E-state index in [1.807, 2.05) is 39.0 Å². The molecule has 37 heavy (non-hydrogen) atoms. The maximum atomic E-state index is 13.8. The molecular weight excluding hydrogens is 490 g/mol. The van der Waals surface area contributed by atoms with Crippen molar-refractivity contribution in [2.75, 3.05) is 17.6 Å². The molecular formula is C28H39N3O5S. The molecule has 3 amide bonds. The molecule has 2 aromatic carbocycles. The number of nitrogens with one attached hydrogen (secondary N) is 2. The number of amides is 3. The number of hydrogen-bond donors (Lipinski definition) is 4. The third kappa shape index (κ3) is 8.70. The van der Waals surface area contributed by atoms with E-state index < -0.39 is 35.6 Å². The fourth-order valence-corrected chi connectivity index (χ4v) is 4.11. The van der Waals surface area contributed by atoms with Gasteiger partial charge >= 0.3 is 6.09 Å². The molecule has 0 fully saturated rings. The van der Waals surface area contributed by atoms with E-state index in [4.69, 9.17) is 4.74 Å². The molecule has 0 aliphatic heterocycles. The van der Waals surface area contributed by atoms with Crippen molar-refractivity contribution in [3.63, 3.8) is 0 Å². The van der Waals surface area contributed by atoms with E-state index in [0.717, 1.165) is 17.5 Å². The molecule has 0 radical (unpaired) electrons. The molecule has 0 aliphatic rings. The van der Waals surface area contributed by atoms with E-state index in [2.05, 4.69) is 23.3 Å². The van der Waals surface area contributed by atoms with Crippen LogP contribution >= 0.6 is 12.6 Å². The molecule has 2 rings (SSSR count). The van der Waals surface area contributed by atoms with Gasteiger partial charge in [-0.1, -0.05) is 43.7 Å². The van der Waals surface area contributed by atoms with Gasteiger partial charge in [0.2, 0.25) is 5.91 Å². The van der Waals surface area contributed by atoms with Gasteiger partial charge in [-0.3, -0.25) is 9.59 Å². The van der Waals surface area contributed by atoms with Crippen LogP contribution in [0, 0.1) is 13.8 Å². The van der Waals surface area contributed by atoms with Gasteiger partial charge in [0.15, 0.2) is 0 Å². The van der Waals surface area contributed by atoms with Crippen molar-refractivity contribution in [3.8, 4) is 5.75 Å². The molecule has 3 N–H and O–H groups in total. The average molecular weight is 530 g/mol. The number of phenols is 1. The van der Waals surface area contributed by atoms with Crippen molar-refractivity contribution in [2.24, 2.45) is 0 Å². The number of hydrogen-bond acceptors (Lipinski definition) is 6. The Bertz CT molecular complexity index is 1060. The van der Waals surface area contributed by atoms with Crippen molar-refractivity contribution in [1.29, 1.82) is 0 Å². The third-order valence-electron chi connectivity index (χ3n) is 5.71. The highest BCUT2D eigenvalue weighted by Crippen LogP contribution is 2.28. The Hall–Kier alpha value is -3.20. The summed E-state index contributed by atoms with van der Waals surface area (Å²) in [7, 11) is 0. The summed E-state index contributed by atoms with van der Waals surface area (Å²) in [6.45, 7) is 11.3. The SMILES string of the molecule is CCCCN(C(=O)C(CS)NC(=O)OC(C)(C)C)C(C(=O)Nc1c(C)cccc1C)c1ccc(O)cc1. The Balaban J connectivity index is 2.49. The normalized spacial score (nSPS) is 12.8. The first-order valence-corrected chi connectivity index (χ1v) is 13.1. The molecule has 2 unspecified atom stereocenters. The maximum absolute atomic E-state index is 13.8. The molecule has 0 aromatic heterocycles. The Labute approximate surface area is 225 Å². The Kier molecular flexibility index (Phi) is 10.9. The number of aryl methyl sites for hydroxylation is 2. The summed E-state index contributed by atoms with van der Waals surface area (Å²) in [4.78, 5) is 41.6. The fraction of sp³-hybridized carbons (Fsp3) is 0.464. The molecule has 9 heteroatoms. The van der Waals surface area contributed by atoms with Gasteiger partial charge in [0.25, 0.3) is 5.91 Å². The largest absolute Gasteiger partial charge is 0.508 e. The molecule has 0 bridgehead atoms. The van der Waals surface area contributed by atoms with Crippen LogP contribution in [0.4, 0.5) is 10.5 Å². The zero-order valence-electron chi connectivity index (χ0n) is 22.5. The minimum absolute atomic E-state index is 0.0154. The molecule has 2 atom stereocenters. The van der Waals surface area contributed by atoms with Crippen LogP contribution in [0.2, 0.25) is 0 Å². The van der Waals surface area contributed by atoms with Crippen LogP contribution in [-0.2, 0) is 14.3 Å². The van der Waals surface area contributed by atoms with Gasteiger partial charge in [0.1, 0.15) is 23.4 Å². The maximum Gasteiger partial charge on any atom is 0.408 e. The van der Waals surface area contributed by atoms with Crippen molar-refractivity contribution in [3.05, 3.63) is 59.2 Å². The average Bonchev–Trinajstić information content (AvgIpc) is 2.82. The lowest BCUT2D eigenvalue weighted by Gasteiger charge is -2.34. The first-order valence-electron chi connectivity index (χ1n) is 12.4. The number of alkyl carbamates (subject to hydrolysis) is 1. The first-order chi connectivity index (χ1) is 17.4. The number of unbranched alkanes of at least 4 members (excludes halogenated alkanes) is 1. The number of phenolic OH excluding ortho intramolecular Hbond substituents is 1. The summed E-state index contributed by atoms with van der Waals surface area (Å²) < 4.78 is 5.33. The van der Waals surface area contributed by atoms with E-state index in [9.17, 15) is 19.5 Å². The lowest BCUT2D eigenvalue weighted by Crippen LogP contribution is -2.53. The highest BCUT2D eigenvalue weighted by Gasteiger charge is 2.36. The number of carbonyl (C=O) groups excluding carboxylic acids is 3. The number of rotatable bonds is 10. The summed E-state index contributed by atoms with van der Waals surface area (Å²) in [5, 5.41) is 15.4. The van der Waals surface area contributed by atoms with Crippen LogP contribution in [0.15, 0.2) is 42.5 Å². The van der Waals surface area contributed by atoms with Crippen LogP contribution in [0.3, 0.4) is 0 Å². The van der Waals surface area contributed by atoms with E-state index in [1.165, 1.54) is 17.0 Å². The van der Waals surface area contributed by atoms with Crippen LogP contribution in [0.1, 0.15) is 63.3 Å². The number of para-hydroxylation sites is 1. The van der Waals surface area contributed by atoms with Gasteiger partial charge in [-0.05, 0) is 69.9 Å². The molecule has 0 spiro atoms.